The van der Waals surface area contributed by atoms with Crippen molar-refractivity contribution in [3.8, 4) is 11.4 Å². The van der Waals surface area contributed by atoms with Crippen LogP contribution in [0.3, 0.4) is 0 Å². The Bertz CT molecular complexity index is 1140. The van der Waals surface area contributed by atoms with Crippen molar-refractivity contribution in [1.29, 1.82) is 0 Å². The number of imidazole rings is 1. The molecule has 140 valence electrons. The van der Waals surface area contributed by atoms with Crippen molar-refractivity contribution in [2.75, 3.05) is 11.6 Å². The number of carbonyl (C=O) groups excluding carboxylic acids is 1. The highest BCUT2D eigenvalue weighted by Gasteiger charge is 2.15. The lowest BCUT2D eigenvalue weighted by atomic mass is 10.2. The zero-order chi connectivity index (χ0) is 19.5. The Morgan fingerprint density at radius 2 is 1.86 bits per heavy atom. The van der Waals surface area contributed by atoms with Crippen molar-refractivity contribution < 1.29 is 4.79 Å². The van der Waals surface area contributed by atoms with Crippen molar-refractivity contribution in [2.45, 2.75) is 11.4 Å². The van der Waals surface area contributed by atoms with Crippen LogP contribution in [0.1, 0.15) is 0 Å². The number of thioether (sulfide) groups is 1. The number of amides is 1. The molecule has 4 rings (SSSR count). The van der Waals surface area contributed by atoms with Gasteiger partial charge in [-0.25, -0.2) is 4.98 Å². The van der Waals surface area contributed by atoms with E-state index in [0.717, 1.165) is 33.0 Å². The van der Waals surface area contributed by atoms with E-state index in [-0.39, 0.29) is 12.5 Å². The van der Waals surface area contributed by atoms with Gasteiger partial charge in [0.25, 0.3) is 0 Å². The first kappa shape index (κ1) is 18.6. The summed E-state index contributed by atoms with van der Waals surface area (Å²) in [6.45, 7) is 0.169. The summed E-state index contributed by atoms with van der Waals surface area (Å²) < 4.78 is 1.94. The second-order valence-electron chi connectivity index (χ2n) is 6.30. The van der Waals surface area contributed by atoms with E-state index < -0.39 is 0 Å². The minimum Gasteiger partial charge on any atom is -0.324 e. The summed E-state index contributed by atoms with van der Waals surface area (Å²) in [6.07, 6.45) is 2.01. The summed E-state index contributed by atoms with van der Waals surface area (Å²) in [5.74, 6) is 0.641. The minimum absolute atomic E-state index is 0.100. The first-order valence-corrected chi connectivity index (χ1v) is 10.4. The second-order valence-corrected chi connectivity index (χ2v) is 7.61. The van der Waals surface area contributed by atoms with E-state index in [1.165, 1.54) is 0 Å². The van der Waals surface area contributed by atoms with Crippen molar-refractivity contribution in [2.24, 2.45) is 0 Å². The van der Waals surface area contributed by atoms with Crippen LogP contribution in [0.15, 0.2) is 77.7 Å². The van der Waals surface area contributed by atoms with Crippen LogP contribution in [0.4, 0.5) is 5.69 Å². The van der Waals surface area contributed by atoms with Crippen molar-refractivity contribution >= 4 is 46.0 Å². The normalized spacial score (nSPS) is 10.9. The molecule has 1 N–H and O–H groups in total. The number of hydrogen-bond donors (Lipinski definition) is 1. The highest BCUT2D eigenvalue weighted by molar-refractivity contribution is 7.98. The Labute approximate surface area is 172 Å². The Hall–Kier alpha value is -2.76. The molecule has 3 aromatic carbocycles. The van der Waals surface area contributed by atoms with E-state index in [1.807, 2.05) is 83.6 Å². The molecular formula is C22H18ClN3OS. The Balaban J connectivity index is 1.68. The number of para-hydroxylation sites is 2. The van der Waals surface area contributed by atoms with Crippen LogP contribution in [0.2, 0.25) is 5.02 Å². The monoisotopic (exact) mass is 407 g/mol. The van der Waals surface area contributed by atoms with Gasteiger partial charge in [0, 0.05) is 21.2 Å². The molecule has 0 aliphatic rings. The maximum absolute atomic E-state index is 12.8. The van der Waals surface area contributed by atoms with E-state index in [2.05, 4.69) is 5.32 Å². The van der Waals surface area contributed by atoms with E-state index in [9.17, 15) is 4.79 Å². The van der Waals surface area contributed by atoms with Crippen LogP contribution in [0, 0.1) is 0 Å². The smallest absolute Gasteiger partial charge is 0.244 e. The molecule has 0 aliphatic heterocycles. The molecular weight excluding hydrogens is 390 g/mol. The summed E-state index contributed by atoms with van der Waals surface area (Å²) in [5, 5.41) is 3.65. The molecule has 4 nitrogen and oxygen atoms in total. The maximum Gasteiger partial charge on any atom is 0.244 e. The number of anilines is 1. The molecule has 0 aliphatic carbocycles. The summed E-state index contributed by atoms with van der Waals surface area (Å²) in [7, 11) is 0. The van der Waals surface area contributed by atoms with Gasteiger partial charge in [0.2, 0.25) is 5.91 Å². The summed E-state index contributed by atoms with van der Waals surface area (Å²) in [5.41, 5.74) is 3.47. The van der Waals surface area contributed by atoms with E-state index in [0.29, 0.717) is 5.02 Å². The first-order chi connectivity index (χ1) is 13.6. The van der Waals surface area contributed by atoms with Gasteiger partial charge in [-0.05, 0) is 60.9 Å². The highest BCUT2D eigenvalue weighted by atomic mass is 35.5. The number of fused-ring (bicyclic) bond motifs is 1. The van der Waals surface area contributed by atoms with Crippen LogP contribution in [-0.4, -0.2) is 21.7 Å². The van der Waals surface area contributed by atoms with Gasteiger partial charge in [0.1, 0.15) is 12.4 Å². The van der Waals surface area contributed by atoms with Crippen molar-refractivity contribution in [1.82, 2.24) is 9.55 Å². The van der Waals surface area contributed by atoms with Crippen molar-refractivity contribution in [3.05, 3.63) is 77.8 Å². The molecule has 0 spiro atoms. The molecule has 1 amide bonds. The highest BCUT2D eigenvalue weighted by Crippen LogP contribution is 2.26. The topological polar surface area (TPSA) is 46.9 Å². The number of aromatic nitrogens is 2. The first-order valence-electron chi connectivity index (χ1n) is 8.79. The molecule has 1 heterocycles. The van der Waals surface area contributed by atoms with Gasteiger partial charge >= 0.3 is 0 Å². The number of halogens is 1. The molecule has 0 radical (unpaired) electrons. The average molecular weight is 408 g/mol. The lowest BCUT2D eigenvalue weighted by Crippen LogP contribution is -2.19. The van der Waals surface area contributed by atoms with Crippen LogP contribution < -0.4 is 5.32 Å². The van der Waals surface area contributed by atoms with E-state index in [1.54, 1.807) is 11.8 Å². The van der Waals surface area contributed by atoms with Crippen molar-refractivity contribution in [3.63, 3.8) is 0 Å². The standard InChI is InChI=1S/C22H18ClN3OS/c1-28-18-6-4-5-17(13-18)24-21(27)14-26-20-8-3-2-7-19(20)25-22(26)15-9-11-16(23)12-10-15/h2-13H,14H2,1H3,(H,24,27). The molecule has 0 unspecified atom stereocenters. The Kier molecular flexibility index (Phi) is 5.37. The summed E-state index contributed by atoms with van der Waals surface area (Å²) in [6, 6.07) is 23.1. The summed E-state index contributed by atoms with van der Waals surface area (Å²) >= 11 is 7.66. The second kappa shape index (κ2) is 8.09. The summed E-state index contributed by atoms with van der Waals surface area (Å²) in [4.78, 5) is 18.6. The number of carbonyl (C=O) groups is 1. The van der Waals surface area contributed by atoms with Gasteiger partial charge in [0.05, 0.1) is 11.0 Å². The van der Waals surface area contributed by atoms with Crippen LogP contribution >= 0.6 is 23.4 Å². The van der Waals surface area contributed by atoms with Gasteiger partial charge < -0.3 is 9.88 Å². The lowest BCUT2D eigenvalue weighted by Gasteiger charge is -2.11. The van der Waals surface area contributed by atoms with Gasteiger partial charge in [-0.15, -0.1) is 11.8 Å². The third-order valence-corrected chi connectivity index (χ3v) is 5.39. The van der Waals surface area contributed by atoms with Gasteiger partial charge in [0.15, 0.2) is 0 Å². The van der Waals surface area contributed by atoms with Crippen LogP contribution in [-0.2, 0) is 11.3 Å². The zero-order valence-corrected chi connectivity index (χ0v) is 16.8. The minimum atomic E-state index is -0.100. The molecule has 0 fully saturated rings. The molecule has 0 saturated heterocycles. The number of rotatable bonds is 5. The molecule has 28 heavy (non-hydrogen) atoms. The van der Waals surface area contributed by atoms with E-state index >= 15 is 0 Å². The molecule has 6 heteroatoms. The Morgan fingerprint density at radius 1 is 1.07 bits per heavy atom. The predicted octanol–water partition coefficient (Wildman–Crippen LogP) is 5.72. The molecule has 4 aromatic rings. The fourth-order valence-corrected chi connectivity index (χ4v) is 3.69. The molecule has 1 aromatic heterocycles. The third kappa shape index (κ3) is 3.91. The molecule has 0 atom stereocenters. The predicted molar refractivity (Wildman–Crippen MR) is 117 cm³/mol. The number of nitrogens with one attached hydrogen (secondary N) is 1. The lowest BCUT2D eigenvalue weighted by molar-refractivity contribution is -0.116. The molecule has 0 bridgehead atoms. The van der Waals surface area contributed by atoms with Crippen LogP contribution in [0.25, 0.3) is 22.4 Å². The zero-order valence-electron chi connectivity index (χ0n) is 15.2. The Morgan fingerprint density at radius 3 is 2.64 bits per heavy atom. The number of nitrogens with zero attached hydrogens (tertiary/aromatic N) is 2. The quantitative estimate of drug-likeness (QED) is 0.430. The van der Waals surface area contributed by atoms with Crippen LogP contribution in [0.5, 0.6) is 0 Å². The van der Waals surface area contributed by atoms with Gasteiger partial charge in [-0.2, -0.15) is 0 Å². The average Bonchev–Trinajstić information content (AvgIpc) is 3.07. The third-order valence-electron chi connectivity index (χ3n) is 4.41. The number of hydrogen-bond acceptors (Lipinski definition) is 3. The van der Waals surface area contributed by atoms with E-state index in [4.69, 9.17) is 16.6 Å². The number of benzene rings is 3. The SMILES string of the molecule is CSc1cccc(NC(=O)Cn2c(-c3ccc(Cl)cc3)nc3ccccc32)c1. The largest absolute Gasteiger partial charge is 0.324 e. The van der Waals surface area contributed by atoms with Gasteiger partial charge in [-0.1, -0.05) is 29.8 Å². The maximum atomic E-state index is 12.8. The van der Waals surface area contributed by atoms with Gasteiger partial charge in [-0.3, -0.25) is 4.79 Å². The fourth-order valence-electron chi connectivity index (χ4n) is 3.10. The fraction of sp³-hybridized carbons (Fsp3) is 0.0909. The molecule has 0 saturated carbocycles.